The zero-order valence-corrected chi connectivity index (χ0v) is 12.7. The van der Waals surface area contributed by atoms with Gasteiger partial charge < -0.3 is 0 Å². The van der Waals surface area contributed by atoms with E-state index in [-0.39, 0.29) is 4.87 Å². The number of nitrogens with zero attached hydrogens (tertiary/aromatic N) is 2. The molecule has 0 radical (unpaired) electrons. The van der Waals surface area contributed by atoms with Gasteiger partial charge in [0.15, 0.2) is 4.87 Å². The largest absolute Gasteiger partial charge is 0.283 e. The third-order valence-corrected chi connectivity index (χ3v) is 5.08. The maximum absolute atomic E-state index is 4.54. The molecule has 0 amide bonds. The van der Waals surface area contributed by atoms with E-state index in [1.807, 2.05) is 6.21 Å². The molecule has 0 saturated carbocycles. The first-order chi connectivity index (χ1) is 10.2. The molecule has 2 aliphatic rings. The number of thioether (sulfide) groups is 1. The van der Waals surface area contributed by atoms with Crippen molar-refractivity contribution >= 4 is 28.7 Å². The monoisotopic (exact) mass is 293 g/mol. The molecule has 0 aromatic heterocycles. The Morgan fingerprint density at radius 3 is 2.57 bits per heavy atom. The number of fused-ring (bicyclic) bond motifs is 2. The van der Waals surface area contributed by atoms with E-state index >= 15 is 0 Å². The normalized spacial score (nSPS) is 22.3. The van der Waals surface area contributed by atoms with Crippen LogP contribution >= 0.6 is 11.8 Å². The summed E-state index contributed by atoms with van der Waals surface area (Å²) in [6, 6.07) is 14.8. The van der Waals surface area contributed by atoms with E-state index < -0.39 is 0 Å². The van der Waals surface area contributed by atoms with Gasteiger partial charge in [0.25, 0.3) is 0 Å². The van der Waals surface area contributed by atoms with Crippen molar-refractivity contribution in [3.8, 4) is 0 Å². The van der Waals surface area contributed by atoms with Gasteiger partial charge in [0, 0.05) is 17.3 Å². The topological polar surface area (TPSA) is 36.8 Å². The summed E-state index contributed by atoms with van der Waals surface area (Å²) >= 11 is 1.72. The molecule has 21 heavy (non-hydrogen) atoms. The molecule has 3 nitrogen and oxygen atoms in total. The first-order valence-electron chi connectivity index (χ1n) is 6.94. The average Bonchev–Trinajstić information content (AvgIpc) is 3.06. The highest BCUT2D eigenvalue weighted by Gasteiger charge is 2.42. The van der Waals surface area contributed by atoms with E-state index in [4.69, 9.17) is 0 Å². The summed E-state index contributed by atoms with van der Waals surface area (Å²) in [4.78, 5) is 4.19. The molecule has 2 heterocycles. The molecule has 2 aromatic rings. The number of hydrogen-bond acceptors (Lipinski definition) is 4. The molecule has 1 N–H and O–H groups in total. The zero-order chi connectivity index (χ0) is 14.4. The fourth-order valence-corrected chi connectivity index (χ4v) is 3.73. The summed E-state index contributed by atoms with van der Waals surface area (Å²) < 4.78 is 0. The van der Waals surface area contributed by atoms with Crippen LogP contribution in [0.15, 0.2) is 52.6 Å². The molecule has 1 spiro atoms. The minimum atomic E-state index is -0.346. The van der Waals surface area contributed by atoms with Crippen LogP contribution in [0.3, 0.4) is 0 Å². The van der Waals surface area contributed by atoms with Crippen LogP contribution in [0, 0.1) is 13.8 Å². The molecule has 0 fully saturated rings. The first kappa shape index (κ1) is 12.7. The molecule has 0 saturated heterocycles. The number of rotatable bonds is 1. The number of benzene rings is 2. The molecule has 0 bridgehead atoms. The van der Waals surface area contributed by atoms with Gasteiger partial charge in [-0.3, -0.25) is 10.4 Å². The standard InChI is InChI=1S/C17H15N3S/c1-11-3-6-13(7-4-11)16-19-20-17(21-16)10-18-15-8-5-12(2)9-14(15)17/h3-10,20H,1-2H3. The molecular formula is C17H15N3S. The number of nitrogens with one attached hydrogen (secondary N) is 1. The molecule has 2 aromatic carbocycles. The summed E-state index contributed by atoms with van der Waals surface area (Å²) in [5, 5.41) is 5.55. The van der Waals surface area contributed by atoms with Gasteiger partial charge in [0.1, 0.15) is 5.04 Å². The van der Waals surface area contributed by atoms with Crippen LogP contribution < -0.4 is 5.43 Å². The Balaban J connectivity index is 1.69. The molecular weight excluding hydrogens is 278 g/mol. The third kappa shape index (κ3) is 1.98. The summed E-state index contributed by atoms with van der Waals surface area (Å²) in [7, 11) is 0. The van der Waals surface area contributed by atoms with Crippen molar-refractivity contribution in [1.82, 2.24) is 5.43 Å². The molecule has 0 aliphatic carbocycles. The highest BCUT2D eigenvalue weighted by atomic mass is 32.2. The van der Waals surface area contributed by atoms with E-state index in [2.05, 4.69) is 71.8 Å². The van der Waals surface area contributed by atoms with Crippen LogP contribution in [0.25, 0.3) is 0 Å². The molecule has 1 unspecified atom stereocenters. The smallest absolute Gasteiger partial charge is 0.168 e. The van der Waals surface area contributed by atoms with E-state index in [0.29, 0.717) is 0 Å². The van der Waals surface area contributed by atoms with Crippen LogP contribution in [0.1, 0.15) is 22.3 Å². The van der Waals surface area contributed by atoms with Crippen molar-refractivity contribution in [2.45, 2.75) is 18.7 Å². The van der Waals surface area contributed by atoms with E-state index in [0.717, 1.165) is 16.3 Å². The predicted octanol–water partition coefficient (Wildman–Crippen LogP) is 3.87. The van der Waals surface area contributed by atoms with Crippen molar-refractivity contribution in [3.05, 3.63) is 64.7 Å². The number of aliphatic imine (C=N–C) groups is 1. The second-order valence-electron chi connectivity index (χ2n) is 5.51. The number of hydrazone groups is 1. The molecule has 4 rings (SSSR count). The summed E-state index contributed by atoms with van der Waals surface area (Å²) in [6.45, 7) is 4.20. The van der Waals surface area contributed by atoms with Gasteiger partial charge in [-0.15, -0.1) is 0 Å². The van der Waals surface area contributed by atoms with Crippen LogP contribution in [0.5, 0.6) is 0 Å². The van der Waals surface area contributed by atoms with Crippen LogP contribution in [0.4, 0.5) is 5.69 Å². The van der Waals surface area contributed by atoms with Gasteiger partial charge in [-0.2, -0.15) is 5.10 Å². The van der Waals surface area contributed by atoms with Crippen LogP contribution in [-0.2, 0) is 4.87 Å². The summed E-state index contributed by atoms with van der Waals surface area (Å²) in [5.41, 5.74) is 9.14. The Morgan fingerprint density at radius 2 is 1.76 bits per heavy atom. The first-order valence-corrected chi connectivity index (χ1v) is 7.75. The lowest BCUT2D eigenvalue weighted by molar-refractivity contribution is 0.673. The molecule has 104 valence electrons. The summed E-state index contributed by atoms with van der Waals surface area (Å²) in [5.74, 6) is 0. The van der Waals surface area contributed by atoms with Crippen molar-refractivity contribution in [2.75, 3.05) is 0 Å². The minimum Gasteiger partial charge on any atom is -0.283 e. The van der Waals surface area contributed by atoms with Crippen LogP contribution in [0.2, 0.25) is 0 Å². The van der Waals surface area contributed by atoms with Gasteiger partial charge in [-0.1, -0.05) is 59.3 Å². The van der Waals surface area contributed by atoms with E-state index in [9.17, 15) is 0 Å². The maximum Gasteiger partial charge on any atom is 0.168 e. The highest BCUT2D eigenvalue weighted by Crippen LogP contribution is 2.46. The van der Waals surface area contributed by atoms with Gasteiger partial charge in [0.05, 0.1) is 5.69 Å². The molecule has 4 heteroatoms. The minimum absolute atomic E-state index is 0.346. The third-order valence-electron chi connectivity index (χ3n) is 3.82. The summed E-state index contributed by atoms with van der Waals surface area (Å²) in [6.07, 6.45) is 1.96. The average molecular weight is 293 g/mol. The highest BCUT2D eigenvalue weighted by molar-refractivity contribution is 8.16. The van der Waals surface area contributed by atoms with Crippen molar-refractivity contribution in [3.63, 3.8) is 0 Å². The molecule has 1 atom stereocenters. The Kier molecular flexibility index (Phi) is 2.69. The number of hydrogen-bond donors (Lipinski definition) is 1. The fraction of sp³-hybridized carbons (Fsp3) is 0.176. The lowest BCUT2D eigenvalue weighted by atomic mass is 10.1. The predicted molar refractivity (Wildman–Crippen MR) is 89.5 cm³/mol. The van der Waals surface area contributed by atoms with Gasteiger partial charge >= 0.3 is 0 Å². The van der Waals surface area contributed by atoms with Crippen molar-refractivity contribution in [1.29, 1.82) is 0 Å². The SMILES string of the molecule is Cc1ccc(C2=NNC3(C=Nc4ccc(C)cc43)S2)cc1. The fourth-order valence-electron chi connectivity index (χ4n) is 2.61. The quantitative estimate of drug-likeness (QED) is 0.866. The Morgan fingerprint density at radius 1 is 1.00 bits per heavy atom. The van der Waals surface area contributed by atoms with Gasteiger partial charge in [0.2, 0.25) is 0 Å². The Labute approximate surface area is 128 Å². The number of aryl methyl sites for hydroxylation is 2. The molecule has 2 aliphatic heterocycles. The van der Waals surface area contributed by atoms with E-state index in [1.165, 1.54) is 16.7 Å². The van der Waals surface area contributed by atoms with Gasteiger partial charge in [-0.25, -0.2) is 0 Å². The lowest BCUT2D eigenvalue weighted by Gasteiger charge is -2.20. The lowest BCUT2D eigenvalue weighted by Crippen LogP contribution is -2.32. The van der Waals surface area contributed by atoms with Crippen molar-refractivity contribution < 1.29 is 0 Å². The maximum atomic E-state index is 4.54. The van der Waals surface area contributed by atoms with Gasteiger partial charge in [-0.05, 0) is 19.9 Å². The Bertz CT molecular complexity index is 777. The van der Waals surface area contributed by atoms with Crippen molar-refractivity contribution in [2.24, 2.45) is 10.1 Å². The second-order valence-corrected chi connectivity index (χ2v) is 6.75. The Hall–Kier alpha value is -2.07. The second kappa shape index (κ2) is 4.46. The zero-order valence-electron chi connectivity index (χ0n) is 11.9. The van der Waals surface area contributed by atoms with E-state index in [1.54, 1.807) is 11.8 Å². The van der Waals surface area contributed by atoms with Crippen LogP contribution in [-0.4, -0.2) is 11.3 Å².